The number of allylic oxidation sites excluding steroid dienone is 1. The van der Waals surface area contributed by atoms with Gasteiger partial charge in [0.2, 0.25) is 5.78 Å². The van der Waals surface area contributed by atoms with Gasteiger partial charge in [-0.25, -0.2) is 0 Å². The summed E-state index contributed by atoms with van der Waals surface area (Å²) in [6, 6.07) is 18.5. The topological polar surface area (TPSA) is 52.9 Å². The number of para-hydroxylation sites is 1. The van der Waals surface area contributed by atoms with Crippen LogP contribution in [0, 0.1) is 14.9 Å². The minimum Gasteiger partial charge on any atom is -0.360 e. The monoisotopic (exact) mass is 374 g/mol. The molecule has 0 bridgehead atoms. The molecule has 3 nitrogen and oxygen atoms in total. The maximum Gasteiger partial charge on any atom is 0.205 e. The first-order valence-corrected chi connectivity index (χ1v) is 7.00. The number of halogens is 1. The van der Waals surface area contributed by atoms with Crippen molar-refractivity contribution >= 4 is 34.1 Å². The number of nitriles is 1. The van der Waals surface area contributed by atoms with E-state index >= 15 is 0 Å². The number of hydrogen-bond acceptors (Lipinski definition) is 3. The third-order valence-corrected chi connectivity index (χ3v) is 3.28. The van der Waals surface area contributed by atoms with E-state index in [1.807, 2.05) is 42.5 Å². The Hall–Kier alpha value is -2.13. The molecule has 0 aromatic heterocycles. The standard InChI is InChI=1S/C16H11IN2O/c17-14-6-4-5-12(9-14)16(20)13(10-18)11-19-15-7-2-1-3-8-15/h1-9,11,19H/b13-11-. The maximum absolute atomic E-state index is 12.2. The van der Waals surface area contributed by atoms with Crippen LogP contribution in [0.3, 0.4) is 0 Å². The van der Waals surface area contributed by atoms with Crippen LogP contribution in [0.2, 0.25) is 0 Å². The molecule has 0 atom stereocenters. The molecule has 0 saturated heterocycles. The molecule has 2 rings (SSSR count). The van der Waals surface area contributed by atoms with E-state index in [1.54, 1.807) is 18.2 Å². The highest BCUT2D eigenvalue weighted by molar-refractivity contribution is 14.1. The van der Waals surface area contributed by atoms with Crippen molar-refractivity contribution in [3.8, 4) is 6.07 Å². The smallest absolute Gasteiger partial charge is 0.205 e. The van der Waals surface area contributed by atoms with Gasteiger partial charge in [-0.05, 0) is 46.9 Å². The molecule has 0 fully saturated rings. The SMILES string of the molecule is N#C/C(=C/Nc1ccccc1)C(=O)c1cccc(I)c1. The first-order valence-electron chi connectivity index (χ1n) is 5.93. The molecular weight excluding hydrogens is 363 g/mol. The van der Waals surface area contributed by atoms with Gasteiger partial charge in [0.1, 0.15) is 11.6 Å². The molecule has 0 amide bonds. The van der Waals surface area contributed by atoms with E-state index in [2.05, 4.69) is 27.9 Å². The Balaban J connectivity index is 2.20. The molecule has 2 aromatic carbocycles. The van der Waals surface area contributed by atoms with Gasteiger partial charge in [-0.15, -0.1) is 0 Å². The number of rotatable bonds is 4. The highest BCUT2D eigenvalue weighted by atomic mass is 127. The Kier molecular flexibility index (Phi) is 4.91. The third kappa shape index (κ3) is 3.68. The summed E-state index contributed by atoms with van der Waals surface area (Å²) >= 11 is 2.13. The van der Waals surface area contributed by atoms with E-state index in [0.717, 1.165) is 9.26 Å². The molecule has 0 radical (unpaired) electrons. The fourth-order valence-corrected chi connectivity index (χ4v) is 2.17. The Morgan fingerprint density at radius 3 is 2.55 bits per heavy atom. The second-order valence-corrected chi connectivity index (χ2v) is 5.27. The van der Waals surface area contributed by atoms with Gasteiger partial charge in [-0.3, -0.25) is 4.79 Å². The number of carbonyl (C=O) groups excluding carboxylic acids is 1. The molecular formula is C16H11IN2O. The van der Waals surface area contributed by atoms with Crippen molar-refractivity contribution in [1.29, 1.82) is 5.26 Å². The average Bonchev–Trinajstić information content (AvgIpc) is 2.48. The third-order valence-electron chi connectivity index (χ3n) is 2.61. The highest BCUT2D eigenvalue weighted by Gasteiger charge is 2.11. The summed E-state index contributed by atoms with van der Waals surface area (Å²) in [5, 5.41) is 12.1. The molecule has 0 heterocycles. The fraction of sp³-hybridized carbons (Fsp3) is 0. The average molecular weight is 374 g/mol. The lowest BCUT2D eigenvalue weighted by molar-refractivity contribution is 0.103. The Bertz CT molecular complexity index is 687. The van der Waals surface area contributed by atoms with Gasteiger partial charge < -0.3 is 5.32 Å². The predicted molar refractivity (Wildman–Crippen MR) is 87.3 cm³/mol. The second-order valence-electron chi connectivity index (χ2n) is 4.02. The normalized spacial score (nSPS) is 10.7. The van der Waals surface area contributed by atoms with Gasteiger partial charge in [0.15, 0.2) is 0 Å². The van der Waals surface area contributed by atoms with Crippen molar-refractivity contribution in [2.24, 2.45) is 0 Å². The van der Waals surface area contributed by atoms with Crippen LogP contribution in [0.15, 0.2) is 66.4 Å². The quantitative estimate of drug-likeness (QED) is 0.381. The van der Waals surface area contributed by atoms with Crippen LogP contribution in [0.1, 0.15) is 10.4 Å². The number of benzene rings is 2. The van der Waals surface area contributed by atoms with Gasteiger partial charge in [0.05, 0.1) is 0 Å². The second kappa shape index (κ2) is 6.87. The highest BCUT2D eigenvalue weighted by Crippen LogP contribution is 2.13. The van der Waals surface area contributed by atoms with Gasteiger partial charge in [-0.1, -0.05) is 30.3 Å². The molecule has 0 aliphatic heterocycles. The number of nitrogens with one attached hydrogen (secondary N) is 1. The number of hydrogen-bond donors (Lipinski definition) is 1. The van der Waals surface area contributed by atoms with Crippen LogP contribution in [-0.2, 0) is 0 Å². The predicted octanol–water partition coefficient (Wildman–Crippen LogP) is 3.99. The van der Waals surface area contributed by atoms with Gasteiger partial charge in [0.25, 0.3) is 0 Å². The first-order chi connectivity index (χ1) is 9.70. The lowest BCUT2D eigenvalue weighted by atomic mass is 10.1. The maximum atomic E-state index is 12.2. The number of ketones is 1. The molecule has 2 aromatic rings. The van der Waals surface area contributed by atoms with E-state index in [9.17, 15) is 4.79 Å². The Morgan fingerprint density at radius 2 is 1.90 bits per heavy atom. The van der Waals surface area contributed by atoms with E-state index in [1.165, 1.54) is 6.20 Å². The van der Waals surface area contributed by atoms with Crippen LogP contribution < -0.4 is 5.32 Å². The van der Waals surface area contributed by atoms with Crippen LogP contribution >= 0.6 is 22.6 Å². The lowest BCUT2D eigenvalue weighted by Gasteiger charge is -2.02. The van der Waals surface area contributed by atoms with Crippen molar-refractivity contribution in [2.75, 3.05) is 5.32 Å². The molecule has 0 saturated carbocycles. The van der Waals surface area contributed by atoms with Crippen LogP contribution in [0.25, 0.3) is 0 Å². The van der Waals surface area contributed by atoms with Crippen molar-refractivity contribution < 1.29 is 4.79 Å². The van der Waals surface area contributed by atoms with Crippen molar-refractivity contribution in [3.63, 3.8) is 0 Å². The van der Waals surface area contributed by atoms with E-state index in [4.69, 9.17) is 5.26 Å². The minimum atomic E-state index is -0.283. The molecule has 0 aliphatic carbocycles. The van der Waals surface area contributed by atoms with E-state index in [0.29, 0.717) is 5.56 Å². The van der Waals surface area contributed by atoms with Gasteiger partial charge in [0, 0.05) is 21.0 Å². The van der Waals surface area contributed by atoms with Crippen molar-refractivity contribution in [1.82, 2.24) is 0 Å². The molecule has 1 N–H and O–H groups in total. The van der Waals surface area contributed by atoms with Gasteiger partial charge in [-0.2, -0.15) is 5.26 Å². The summed E-state index contributed by atoms with van der Waals surface area (Å²) in [7, 11) is 0. The number of carbonyl (C=O) groups is 1. The summed E-state index contributed by atoms with van der Waals surface area (Å²) in [5.74, 6) is -0.283. The first kappa shape index (κ1) is 14.3. The summed E-state index contributed by atoms with van der Waals surface area (Å²) in [5.41, 5.74) is 1.42. The fourth-order valence-electron chi connectivity index (χ4n) is 1.62. The molecule has 0 spiro atoms. The number of Topliss-reactive ketones (excluding diaryl/α,β-unsaturated/α-hetero) is 1. The summed E-state index contributed by atoms with van der Waals surface area (Å²) in [4.78, 5) is 12.2. The number of nitrogens with zero attached hydrogens (tertiary/aromatic N) is 1. The Labute approximate surface area is 131 Å². The van der Waals surface area contributed by atoms with Crippen LogP contribution in [0.4, 0.5) is 5.69 Å². The zero-order valence-electron chi connectivity index (χ0n) is 10.5. The minimum absolute atomic E-state index is 0.0795. The summed E-state index contributed by atoms with van der Waals surface area (Å²) in [6.07, 6.45) is 1.44. The van der Waals surface area contributed by atoms with Crippen LogP contribution in [0.5, 0.6) is 0 Å². The zero-order valence-corrected chi connectivity index (χ0v) is 12.7. The van der Waals surface area contributed by atoms with E-state index < -0.39 is 0 Å². The largest absolute Gasteiger partial charge is 0.360 e. The van der Waals surface area contributed by atoms with Gasteiger partial charge >= 0.3 is 0 Å². The van der Waals surface area contributed by atoms with Crippen molar-refractivity contribution in [3.05, 3.63) is 75.5 Å². The molecule has 0 unspecified atom stereocenters. The van der Waals surface area contributed by atoms with E-state index in [-0.39, 0.29) is 11.4 Å². The van der Waals surface area contributed by atoms with Crippen molar-refractivity contribution in [2.45, 2.75) is 0 Å². The number of anilines is 1. The molecule has 98 valence electrons. The zero-order chi connectivity index (χ0) is 14.4. The van der Waals surface area contributed by atoms with Crippen LogP contribution in [-0.4, -0.2) is 5.78 Å². The Morgan fingerprint density at radius 1 is 1.15 bits per heavy atom. The molecule has 0 aliphatic rings. The summed E-state index contributed by atoms with van der Waals surface area (Å²) in [6.45, 7) is 0. The molecule has 20 heavy (non-hydrogen) atoms. The lowest BCUT2D eigenvalue weighted by Crippen LogP contribution is -2.04. The molecule has 4 heteroatoms. The summed E-state index contributed by atoms with van der Waals surface area (Å²) < 4.78 is 0.960.